The van der Waals surface area contributed by atoms with Crippen molar-refractivity contribution in [3.8, 4) is 0 Å². The van der Waals surface area contributed by atoms with Crippen molar-refractivity contribution >= 4 is 23.5 Å². The van der Waals surface area contributed by atoms with Gasteiger partial charge in [-0.05, 0) is 79.2 Å². The first-order valence-electron chi connectivity index (χ1n) is 12.0. The Labute approximate surface area is 209 Å². The number of nitrogens with one attached hydrogen (secondary N) is 1. The molecule has 0 amide bonds. The molecule has 0 aromatic carbocycles. The molecule has 0 saturated heterocycles. The fraction of sp³-hybridized carbons (Fsp3) is 0.500. The molecule has 0 radical (unpaired) electrons. The smallest absolute Gasteiger partial charge is 0.327 e. The van der Waals surface area contributed by atoms with Gasteiger partial charge in [0, 0.05) is 23.8 Å². The summed E-state index contributed by atoms with van der Waals surface area (Å²) < 4.78 is 13.3. The maximum atomic E-state index is 13.3. The van der Waals surface area contributed by atoms with Crippen LogP contribution in [-0.4, -0.2) is 33.6 Å². The third-order valence-electron chi connectivity index (χ3n) is 5.33. The standard InChI is InChI=1S/C28H41FN2O2S/c1-21(2)9-6-10-22(3)11-7-12-23(4)13-8-14-24(5)16-18-34-20-26(28(32)33)31-27-19-25(29)15-17-30-27/h9,11,13,15-17,19,26H,6-8,10,12,14,18,20H2,1-5H3,(H,30,31)(H,32,33). The van der Waals surface area contributed by atoms with Gasteiger partial charge in [-0.15, -0.1) is 0 Å². The van der Waals surface area contributed by atoms with Crippen LogP contribution in [0.15, 0.2) is 64.9 Å². The molecule has 4 nitrogen and oxygen atoms in total. The highest BCUT2D eigenvalue weighted by molar-refractivity contribution is 7.99. The predicted octanol–water partition coefficient (Wildman–Crippen LogP) is 7.96. The van der Waals surface area contributed by atoms with Crippen LogP contribution >= 0.6 is 11.8 Å². The van der Waals surface area contributed by atoms with Crippen LogP contribution < -0.4 is 5.32 Å². The van der Waals surface area contributed by atoms with Crippen molar-refractivity contribution in [3.05, 3.63) is 70.7 Å². The average Bonchev–Trinajstić information content (AvgIpc) is 2.75. The molecule has 1 heterocycles. The zero-order valence-electron chi connectivity index (χ0n) is 21.4. The third kappa shape index (κ3) is 14.7. The van der Waals surface area contributed by atoms with Crippen LogP contribution in [0.3, 0.4) is 0 Å². The van der Waals surface area contributed by atoms with E-state index in [-0.39, 0.29) is 5.82 Å². The number of hydrogen-bond donors (Lipinski definition) is 2. The number of allylic oxidation sites excluding steroid dienone is 7. The monoisotopic (exact) mass is 488 g/mol. The van der Waals surface area contributed by atoms with Gasteiger partial charge in [-0.1, -0.05) is 46.6 Å². The summed E-state index contributed by atoms with van der Waals surface area (Å²) in [5.41, 5.74) is 5.58. The highest BCUT2D eigenvalue weighted by Crippen LogP contribution is 2.15. The van der Waals surface area contributed by atoms with Gasteiger partial charge in [0.25, 0.3) is 0 Å². The third-order valence-corrected chi connectivity index (χ3v) is 6.30. The summed E-state index contributed by atoms with van der Waals surface area (Å²) in [6.07, 6.45) is 16.9. The van der Waals surface area contributed by atoms with Crippen molar-refractivity contribution in [1.29, 1.82) is 0 Å². The molecule has 188 valence electrons. The largest absolute Gasteiger partial charge is 0.480 e. The van der Waals surface area contributed by atoms with E-state index in [4.69, 9.17) is 0 Å². The first-order valence-corrected chi connectivity index (χ1v) is 13.1. The first kappa shape index (κ1) is 29.7. The van der Waals surface area contributed by atoms with Crippen molar-refractivity contribution < 1.29 is 14.3 Å². The number of thioether (sulfide) groups is 1. The number of carbonyl (C=O) groups is 1. The fourth-order valence-corrected chi connectivity index (χ4v) is 4.21. The number of rotatable bonds is 16. The summed E-state index contributed by atoms with van der Waals surface area (Å²) in [7, 11) is 0. The lowest BCUT2D eigenvalue weighted by molar-refractivity contribution is -0.137. The van der Waals surface area contributed by atoms with Gasteiger partial charge in [-0.25, -0.2) is 14.2 Å². The van der Waals surface area contributed by atoms with Crippen LogP contribution in [0.1, 0.15) is 73.1 Å². The van der Waals surface area contributed by atoms with Gasteiger partial charge in [-0.2, -0.15) is 11.8 Å². The average molecular weight is 489 g/mol. The van der Waals surface area contributed by atoms with Gasteiger partial charge in [0.05, 0.1) is 0 Å². The van der Waals surface area contributed by atoms with Gasteiger partial charge in [0.15, 0.2) is 0 Å². The topological polar surface area (TPSA) is 62.2 Å². The quantitative estimate of drug-likeness (QED) is 0.182. The molecular weight excluding hydrogens is 447 g/mol. The Morgan fingerprint density at radius 2 is 1.56 bits per heavy atom. The van der Waals surface area contributed by atoms with Crippen LogP contribution in [0.25, 0.3) is 0 Å². The minimum Gasteiger partial charge on any atom is -0.480 e. The molecule has 0 fully saturated rings. The van der Waals surface area contributed by atoms with E-state index in [0.29, 0.717) is 5.75 Å². The normalized spacial score (nSPS) is 13.5. The number of carboxylic acid groups (broad SMARTS) is 1. The molecule has 2 N–H and O–H groups in total. The van der Waals surface area contributed by atoms with E-state index in [9.17, 15) is 14.3 Å². The van der Waals surface area contributed by atoms with E-state index < -0.39 is 17.8 Å². The van der Waals surface area contributed by atoms with Gasteiger partial charge in [-0.3, -0.25) is 0 Å². The van der Waals surface area contributed by atoms with Gasteiger partial charge >= 0.3 is 5.97 Å². The lowest BCUT2D eigenvalue weighted by Crippen LogP contribution is -2.32. The number of anilines is 1. The van der Waals surface area contributed by atoms with E-state index in [1.165, 1.54) is 52.4 Å². The van der Waals surface area contributed by atoms with E-state index in [1.807, 2.05) is 0 Å². The highest BCUT2D eigenvalue weighted by atomic mass is 32.2. The molecule has 1 atom stereocenters. The second-order valence-corrected chi connectivity index (χ2v) is 10.1. The van der Waals surface area contributed by atoms with Crippen LogP contribution in [0, 0.1) is 5.82 Å². The minimum atomic E-state index is -0.974. The Hall–Kier alpha value is -2.34. The molecule has 1 unspecified atom stereocenters. The zero-order chi connectivity index (χ0) is 25.3. The van der Waals surface area contributed by atoms with Crippen molar-refractivity contribution in [2.45, 2.75) is 79.2 Å². The Morgan fingerprint density at radius 1 is 1.00 bits per heavy atom. The molecule has 0 aliphatic carbocycles. The highest BCUT2D eigenvalue weighted by Gasteiger charge is 2.17. The van der Waals surface area contributed by atoms with Gasteiger partial charge < -0.3 is 10.4 Å². The van der Waals surface area contributed by atoms with Crippen LogP contribution in [-0.2, 0) is 4.79 Å². The molecule has 0 saturated carbocycles. The molecule has 0 aliphatic heterocycles. The Morgan fingerprint density at radius 3 is 2.09 bits per heavy atom. The number of aliphatic carboxylic acids is 1. The molecular formula is C28H41FN2O2S. The van der Waals surface area contributed by atoms with Crippen molar-refractivity contribution in [1.82, 2.24) is 4.98 Å². The Bertz CT molecular complexity index is 886. The summed E-state index contributed by atoms with van der Waals surface area (Å²) in [5, 5.41) is 12.2. The molecule has 1 aromatic heterocycles. The van der Waals surface area contributed by atoms with Crippen molar-refractivity contribution in [3.63, 3.8) is 0 Å². The Balaban J connectivity index is 2.31. The van der Waals surface area contributed by atoms with Crippen LogP contribution in [0.2, 0.25) is 0 Å². The number of hydrogen-bond acceptors (Lipinski definition) is 4. The zero-order valence-corrected chi connectivity index (χ0v) is 22.2. The molecule has 34 heavy (non-hydrogen) atoms. The summed E-state index contributed by atoms with van der Waals surface area (Å²) in [5.74, 6) is -0.0711. The lowest BCUT2D eigenvalue weighted by Gasteiger charge is -2.14. The molecule has 1 aromatic rings. The van der Waals surface area contributed by atoms with E-state index in [1.54, 1.807) is 0 Å². The number of pyridine rings is 1. The number of aromatic nitrogens is 1. The summed E-state index contributed by atoms with van der Waals surface area (Å²) in [4.78, 5) is 15.4. The van der Waals surface area contributed by atoms with E-state index >= 15 is 0 Å². The number of nitrogens with zero attached hydrogens (tertiary/aromatic N) is 1. The number of carboxylic acids is 1. The first-order chi connectivity index (χ1) is 16.2. The predicted molar refractivity (Wildman–Crippen MR) is 145 cm³/mol. The van der Waals surface area contributed by atoms with Crippen molar-refractivity contribution in [2.24, 2.45) is 0 Å². The van der Waals surface area contributed by atoms with Gasteiger partial charge in [0.1, 0.15) is 17.7 Å². The molecule has 0 aliphatic rings. The van der Waals surface area contributed by atoms with Crippen molar-refractivity contribution in [2.75, 3.05) is 16.8 Å². The molecule has 1 rings (SSSR count). The van der Waals surface area contributed by atoms with E-state index in [0.717, 1.165) is 44.3 Å². The second kappa shape index (κ2) is 17.1. The lowest BCUT2D eigenvalue weighted by atomic mass is 10.0. The number of halogens is 1. The SMILES string of the molecule is CC(C)=CCCC(C)=CCCC(C)=CCCC(C)=CCSCC(Nc1cc(F)ccn1)C(=O)O. The molecule has 0 spiro atoms. The van der Waals surface area contributed by atoms with Gasteiger partial charge in [0.2, 0.25) is 0 Å². The maximum Gasteiger partial charge on any atom is 0.327 e. The summed E-state index contributed by atoms with van der Waals surface area (Å²) >= 11 is 1.54. The fourth-order valence-electron chi connectivity index (χ4n) is 3.21. The Kier molecular flexibility index (Phi) is 15.0. The molecule has 6 heteroatoms. The maximum absolute atomic E-state index is 13.3. The molecule has 0 bridgehead atoms. The summed E-state index contributed by atoms with van der Waals surface area (Å²) in [6.45, 7) is 10.8. The van der Waals surface area contributed by atoms with Crippen LogP contribution in [0.5, 0.6) is 0 Å². The van der Waals surface area contributed by atoms with Crippen LogP contribution in [0.4, 0.5) is 10.2 Å². The minimum absolute atomic E-state index is 0.233. The second-order valence-electron chi connectivity index (χ2n) is 8.98. The van der Waals surface area contributed by atoms with E-state index in [2.05, 4.69) is 69.2 Å². The summed E-state index contributed by atoms with van der Waals surface area (Å²) in [6, 6.07) is 1.61.